The van der Waals surface area contributed by atoms with Crippen molar-refractivity contribution in [3.8, 4) is 0 Å². The number of allylic oxidation sites excluding steroid dienone is 6. The third-order valence-electron chi connectivity index (χ3n) is 17.1. The highest BCUT2D eigenvalue weighted by Crippen LogP contribution is 2.19. The first-order valence-electron chi connectivity index (χ1n) is 37.5. The molecular weight excluding hydrogens is 1020 g/mol. The Bertz CT molecular complexity index is 1380. The van der Waals surface area contributed by atoms with Crippen molar-refractivity contribution >= 4 is 17.9 Å². The molecule has 0 aliphatic rings. The van der Waals surface area contributed by atoms with Crippen LogP contribution >= 0.6 is 0 Å². The number of ether oxygens (including phenoxy) is 3. The fourth-order valence-electron chi connectivity index (χ4n) is 11.5. The van der Waals surface area contributed by atoms with Crippen LogP contribution < -0.4 is 0 Å². The third-order valence-corrected chi connectivity index (χ3v) is 17.1. The van der Waals surface area contributed by atoms with Gasteiger partial charge in [-0.2, -0.15) is 0 Å². The number of carbonyl (C=O) groups excluding carboxylic acids is 3. The van der Waals surface area contributed by atoms with Crippen molar-refractivity contribution < 1.29 is 28.6 Å². The Morgan fingerprint density at radius 3 is 0.699 bits per heavy atom. The van der Waals surface area contributed by atoms with Crippen LogP contribution in [0.25, 0.3) is 0 Å². The van der Waals surface area contributed by atoms with Crippen LogP contribution in [0.1, 0.15) is 419 Å². The van der Waals surface area contributed by atoms with E-state index in [0.717, 1.165) is 70.6 Å². The topological polar surface area (TPSA) is 78.9 Å². The number of esters is 3. The van der Waals surface area contributed by atoms with E-state index in [-0.39, 0.29) is 31.1 Å². The zero-order chi connectivity index (χ0) is 59.9. The lowest BCUT2D eigenvalue weighted by molar-refractivity contribution is -0.167. The second-order valence-electron chi connectivity index (χ2n) is 25.6. The van der Waals surface area contributed by atoms with Crippen molar-refractivity contribution in [2.45, 2.75) is 425 Å². The molecule has 0 aromatic carbocycles. The molecule has 0 N–H and O–H groups in total. The zero-order valence-electron chi connectivity index (χ0n) is 56.2. The predicted octanol–water partition coefficient (Wildman–Crippen LogP) is 25.9. The van der Waals surface area contributed by atoms with Crippen molar-refractivity contribution in [3.05, 3.63) is 36.5 Å². The lowest BCUT2D eigenvalue weighted by Crippen LogP contribution is -2.30. The lowest BCUT2D eigenvalue weighted by Gasteiger charge is -2.18. The minimum Gasteiger partial charge on any atom is -0.462 e. The summed E-state index contributed by atoms with van der Waals surface area (Å²) < 4.78 is 17.0. The van der Waals surface area contributed by atoms with E-state index in [4.69, 9.17) is 14.2 Å². The van der Waals surface area contributed by atoms with Crippen LogP contribution in [-0.4, -0.2) is 37.2 Å². The third kappa shape index (κ3) is 70.3. The van der Waals surface area contributed by atoms with Crippen LogP contribution in [0.5, 0.6) is 0 Å². The molecule has 0 aromatic rings. The molecule has 83 heavy (non-hydrogen) atoms. The van der Waals surface area contributed by atoms with Crippen molar-refractivity contribution in [1.82, 2.24) is 0 Å². The molecule has 1 unspecified atom stereocenters. The molecule has 0 aliphatic heterocycles. The monoisotopic (exact) mass is 1170 g/mol. The number of hydrogen-bond acceptors (Lipinski definition) is 6. The van der Waals surface area contributed by atoms with Gasteiger partial charge in [-0.3, -0.25) is 14.4 Å². The average Bonchev–Trinajstić information content (AvgIpc) is 3.49. The van der Waals surface area contributed by atoms with Crippen LogP contribution in [-0.2, 0) is 28.6 Å². The van der Waals surface area contributed by atoms with Gasteiger partial charge in [-0.05, 0) is 77.0 Å². The molecule has 0 bridgehead atoms. The molecule has 6 nitrogen and oxygen atoms in total. The largest absolute Gasteiger partial charge is 0.462 e. The van der Waals surface area contributed by atoms with E-state index in [0.29, 0.717) is 19.3 Å². The Balaban J connectivity index is 4.28. The quantitative estimate of drug-likeness (QED) is 0.0261. The smallest absolute Gasteiger partial charge is 0.306 e. The lowest BCUT2D eigenvalue weighted by atomic mass is 10.0. The summed E-state index contributed by atoms with van der Waals surface area (Å²) in [7, 11) is 0. The summed E-state index contributed by atoms with van der Waals surface area (Å²) in [4.78, 5) is 38.5. The molecular formula is C77H144O6. The number of carbonyl (C=O) groups is 3. The predicted molar refractivity (Wildman–Crippen MR) is 362 cm³/mol. The molecule has 488 valence electrons. The SMILES string of the molecule is CCCCC/C=C\C/C=C\CCCCCCCCCC(=O)OCC(COC(=O)CCCCCCCCCCCCCCC/C=C\CCCCCCCCCC)OC(=O)CCCCCCCCCCCCCCCCCCCCCCCCC. The van der Waals surface area contributed by atoms with E-state index >= 15 is 0 Å². The maximum absolute atomic E-state index is 13.0. The minimum absolute atomic E-state index is 0.0694. The molecule has 0 radical (unpaired) electrons. The molecule has 0 aliphatic carbocycles. The number of hydrogen-bond donors (Lipinski definition) is 0. The van der Waals surface area contributed by atoms with E-state index in [1.165, 1.54) is 308 Å². The minimum atomic E-state index is -0.775. The van der Waals surface area contributed by atoms with Crippen LogP contribution in [0.2, 0.25) is 0 Å². The number of unbranched alkanes of at least 4 members (excludes halogenated alkanes) is 53. The maximum Gasteiger partial charge on any atom is 0.306 e. The van der Waals surface area contributed by atoms with Gasteiger partial charge in [0.25, 0.3) is 0 Å². The zero-order valence-corrected chi connectivity index (χ0v) is 56.2. The molecule has 0 spiro atoms. The molecule has 1 atom stereocenters. The normalized spacial score (nSPS) is 12.2. The second kappa shape index (κ2) is 72.1. The molecule has 0 heterocycles. The van der Waals surface area contributed by atoms with Crippen LogP contribution in [0.15, 0.2) is 36.5 Å². The van der Waals surface area contributed by atoms with E-state index < -0.39 is 6.10 Å². The summed E-state index contributed by atoms with van der Waals surface area (Å²) >= 11 is 0. The van der Waals surface area contributed by atoms with E-state index in [1.807, 2.05) is 0 Å². The van der Waals surface area contributed by atoms with Gasteiger partial charge in [0, 0.05) is 19.3 Å². The first kappa shape index (κ1) is 80.6. The van der Waals surface area contributed by atoms with Gasteiger partial charge in [-0.15, -0.1) is 0 Å². The van der Waals surface area contributed by atoms with Gasteiger partial charge >= 0.3 is 17.9 Å². The first-order valence-corrected chi connectivity index (χ1v) is 37.5. The van der Waals surface area contributed by atoms with Gasteiger partial charge in [-0.1, -0.05) is 359 Å². The summed E-state index contributed by atoms with van der Waals surface area (Å²) in [6, 6.07) is 0. The van der Waals surface area contributed by atoms with Crippen LogP contribution in [0, 0.1) is 0 Å². The van der Waals surface area contributed by atoms with Crippen molar-refractivity contribution in [2.24, 2.45) is 0 Å². The molecule has 6 heteroatoms. The molecule has 0 fully saturated rings. The Kier molecular flexibility index (Phi) is 70.0. The van der Waals surface area contributed by atoms with Gasteiger partial charge in [0.15, 0.2) is 6.10 Å². The molecule has 0 saturated heterocycles. The highest BCUT2D eigenvalue weighted by Gasteiger charge is 2.20. The van der Waals surface area contributed by atoms with Crippen molar-refractivity contribution in [2.75, 3.05) is 13.2 Å². The van der Waals surface area contributed by atoms with Gasteiger partial charge in [-0.25, -0.2) is 0 Å². The van der Waals surface area contributed by atoms with Crippen molar-refractivity contribution in [1.29, 1.82) is 0 Å². The summed E-state index contributed by atoms with van der Waals surface area (Å²) in [6.07, 6.45) is 90.4. The maximum atomic E-state index is 13.0. The molecule has 0 rings (SSSR count). The fraction of sp³-hybridized carbons (Fsp3) is 0.883. The van der Waals surface area contributed by atoms with Gasteiger partial charge in [0.1, 0.15) is 13.2 Å². The average molecular weight is 1170 g/mol. The van der Waals surface area contributed by atoms with Gasteiger partial charge in [0.05, 0.1) is 0 Å². The van der Waals surface area contributed by atoms with E-state index in [1.54, 1.807) is 0 Å². The summed E-state index contributed by atoms with van der Waals surface area (Å²) in [6.45, 7) is 6.70. The van der Waals surface area contributed by atoms with Crippen LogP contribution in [0.4, 0.5) is 0 Å². The van der Waals surface area contributed by atoms with Crippen LogP contribution in [0.3, 0.4) is 0 Å². The van der Waals surface area contributed by atoms with E-state index in [2.05, 4.69) is 57.2 Å². The molecule has 0 aromatic heterocycles. The van der Waals surface area contributed by atoms with Crippen molar-refractivity contribution in [3.63, 3.8) is 0 Å². The summed E-state index contributed by atoms with van der Waals surface area (Å²) in [5.74, 6) is -0.844. The molecule has 0 saturated carbocycles. The highest BCUT2D eigenvalue weighted by atomic mass is 16.6. The van der Waals surface area contributed by atoms with Gasteiger partial charge < -0.3 is 14.2 Å². The van der Waals surface area contributed by atoms with Gasteiger partial charge in [0.2, 0.25) is 0 Å². The molecule has 0 amide bonds. The standard InChI is InChI=1S/C77H144O6/c1-4-7-10-13-16-19-22-25-28-31-33-35-37-38-40-41-43-46-49-52-55-58-61-64-67-70-76(79)82-73-74(72-81-75(78)69-66-63-60-57-54-51-48-45-30-27-24-21-18-15-12-9-6-3)83-77(80)71-68-65-62-59-56-53-50-47-44-42-39-36-34-32-29-26-23-20-17-14-11-8-5-2/h18,21,27,30-31,33,74H,4-17,19-20,22-26,28-29,32,34-73H2,1-3H3/b21-18-,30-27-,33-31-. The number of rotatable bonds is 70. The first-order chi connectivity index (χ1) is 41.0. The second-order valence-corrected chi connectivity index (χ2v) is 25.6. The Labute approximate surface area is 518 Å². The Morgan fingerprint density at radius 1 is 0.241 bits per heavy atom. The Hall–Kier alpha value is -2.37. The van der Waals surface area contributed by atoms with E-state index in [9.17, 15) is 14.4 Å². The summed E-state index contributed by atoms with van der Waals surface area (Å²) in [5.41, 5.74) is 0. The highest BCUT2D eigenvalue weighted by molar-refractivity contribution is 5.71. The fourth-order valence-corrected chi connectivity index (χ4v) is 11.5. The Morgan fingerprint density at radius 2 is 0.434 bits per heavy atom. The summed E-state index contributed by atoms with van der Waals surface area (Å²) in [5, 5.41) is 0.